The second kappa shape index (κ2) is 9.43. The van der Waals surface area contributed by atoms with E-state index in [-0.39, 0.29) is 5.91 Å². The molecule has 7 nitrogen and oxygen atoms in total. The van der Waals surface area contributed by atoms with Crippen molar-refractivity contribution in [3.8, 4) is 5.75 Å². The SMILES string of the molecule is COc1ccc(C2(C(=O)NCC3CCN(c4ncccn4)CC3)CCOCC2)cc1. The Balaban J connectivity index is 1.36. The summed E-state index contributed by atoms with van der Waals surface area (Å²) in [5, 5.41) is 3.27. The molecule has 160 valence electrons. The van der Waals surface area contributed by atoms with E-state index in [1.165, 1.54) is 0 Å². The molecule has 0 saturated carbocycles. The summed E-state index contributed by atoms with van der Waals surface area (Å²) in [6.07, 6.45) is 7.01. The largest absolute Gasteiger partial charge is 0.497 e. The summed E-state index contributed by atoms with van der Waals surface area (Å²) in [4.78, 5) is 24.3. The molecule has 0 spiro atoms. The normalized spacial score (nSPS) is 19.3. The van der Waals surface area contributed by atoms with Crippen LogP contribution < -0.4 is 15.0 Å². The lowest BCUT2D eigenvalue weighted by Gasteiger charge is -2.37. The molecule has 1 amide bonds. The number of nitrogens with zero attached hydrogens (tertiary/aromatic N) is 3. The van der Waals surface area contributed by atoms with E-state index in [1.54, 1.807) is 19.5 Å². The minimum absolute atomic E-state index is 0.116. The predicted molar refractivity (Wildman–Crippen MR) is 115 cm³/mol. The molecule has 0 aliphatic carbocycles. The Morgan fingerprint density at radius 2 is 1.83 bits per heavy atom. The van der Waals surface area contributed by atoms with Crippen LogP contribution in [0.5, 0.6) is 5.75 Å². The van der Waals surface area contributed by atoms with E-state index < -0.39 is 5.41 Å². The number of hydrogen-bond acceptors (Lipinski definition) is 6. The minimum atomic E-state index is -0.525. The van der Waals surface area contributed by atoms with Gasteiger partial charge in [-0.15, -0.1) is 0 Å². The maximum atomic E-state index is 13.4. The molecule has 2 aromatic rings. The molecule has 0 radical (unpaired) electrons. The number of nitrogens with one attached hydrogen (secondary N) is 1. The summed E-state index contributed by atoms with van der Waals surface area (Å²) in [5.74, 6) is 2.18. The maximum absolute atomic E-state index is 13.4. The van der Waals surface area contributed by atoms with Crippen LogP contribution in [0.1, 0.15) is 31.2 Å². The van der Waals surface area contributed by atoms with Crippen molar-refractivity contribution in [3.63, 3.8) is 0 Å². The molecule has 1 aromatic heterocycles. The van der Waals surface area contributed by atoms with Gasteiger partial charge in [0.25, 0.3) is 0 Å². The number of aromatic nitrogens is 2. The number of amides is 1. The Hall–Kier alpha value is -2.67. The van der Waals surface area contributed by atoms with E-state index >= 15 is 0 Å². The Bertz CT molecular complexity index is 814. The number of hydrogen-bond donors (Lipinski definition) is 1. The summed E-state index contributed by atoms with van der Waals surface area (Å²) in [6, 6.07) is 9.73. The Morgan fingerprint density at radius 1 is 1.17 bits per heavy atom. The number of rotatable bonds is 6. The molecule has 1 aromatic carbocycles. The molecule has 2 saturated heterocycles. The quantitative estimate of drug-likeness (QED) is 0.789. The van der Waals surface area contributed by atoms with Gasteiger partial charge in [-0.2, -0.15) is 0 Å². The van der Waals surface area contributed by atoms with Gasteiger partial charge >= 0.3 is 0 Å². The van der Waals surface area contributed by atoms with Crippen molar-refractivity contribution < 1.29 is 14.3 Å². The smallest absolute Gasteiger partial charge is 0.230 e. The highest BCUT2D eigenvalue weighted by Crippen LogP contribution is 2.36. The third-order valence-electron chi connectivity index (χ3n) is 6.42. The Kier molecular flexibility index (Phi) is 6.47. The third-order valence-corrected chi connectivity index (χ3v) is 6.42. The maximum Gasteiger partial charge on any atom is 0.230 e. The molecule has 2 aliphatic heterocycles. The first-order valence-electron chi connectivity index (χ1n) is 10.7. The fourth-order valence-corrected chi connectivity index (χ4v) is 4.47. The molecule has 7 heteroatoms. The van der Waals surface area contributed by atoms with E-state index in [9.17, 15) is 4.79 Å². The summed E-state index contributed by atoms with van der Waals surface area (Å²) >= 11 is 0. The lowest BCUT2D eigenvalue weighted by atomic mass is 9.73. The molecule has 4 rings (SSSR count). The van der Waals surface area contributed by atoms with E-state index in [0.29, 0.717) is 38.5 Å². The number of methoxy groups -OCH3 is 1. The number of anilines is 1. The highest BCUT2D eigenvalue weighted by molar-refractivity contribution is 5.88. The molecule has 1 N–H and O–H groups in total. The highest BCUT2D eigenvalue weighted by Gasteiger charge is 2.41. The van der Waals surface area contributed by atoms with Crippen LogP contribution >= 0.6 is 0 Å². The summed E-state index contributed by atoms with van der Waals surface area (Å²) in [5.41, 5.74) is 0.517. The standard InChI is InChI=1S/C23H30N4O3/c1-29-20-5-3-19(4-6-20)23(9-15-30-16-10-23)21(28)26-17-18-7-13-27(14-8-18)22-24-11-2-12-25-22/h2-6,11-12,18H,7-10,13-17H2,1H3,(H,26,28). The molecule has 2 aliphatic rings. The van der Waals surface area contributed by atoms with Gasteiger partial charge in [0.2, 0.25) is 11.9 Å². The molecular formula is C23H30N4O3. The first-order chi connectivity index (χ1) is 14.7. The minimum Gasteiger partial charge on any atom is -0.497 e. The molecule has 3 heterocycles. The number of carbonyl (C=O) groups is 1. The van der Waals surface area contributed by atoms with E-state index in [1.807, 2.05) is 30.3 Å². The van der Waals surface area contributed by atoms with Crippen LogP contribution in [0.3, 0.4) is 0 Å². The molecule has 2 fully saturated rings. The fourth-order valence-electron chi connectivity index (χ4n) is 4.47. The zero-order valence-electron chi connectivity index (χ0n) is 17.5. The van der Waals surface area contributed by atoms with Gasteiger partial charge < -0.3 is 19.7 Å². The van der Waals surface area contributed by atoms with E-state index in [2.05, 4.69) is 20.2 Å². The molecule has 30 heavy (non-hydrogen) atoms. The van der Waals surface area contributed by atoms with Crippen molar-refractivity contribution in [2.24, 2.45) is 5.92 Å². The monoisotopic (exact) mass is 410 g/mol. The van der Waals surface area contributed by atoms with E-state index in [0.717, 1.165) is 43.2 Å². The lowest BCUT2D eigenvalue weighted by molar-refractivity contribution is -0.130. The Labute approximate surface area is 177 Å². The van der Waals surface area contributed by atoms with Crippen LogP contribution in [0.25, 0.3) is 0 Å². The van der Waals surface area contributed by atoms with Crippen LogP contribution in [-0.2, 0) is 14.9 Å². The number of piperidine rings is 1. The summed E-state index contributed by atoms with van der Waals surface area (Å²) in [7, 11) is 1.65. The molecule has 0 atom stereocenters. The van der Waals surface area contributed by atoms with Crippen molar-refractivity contribution in [2.45, 2.75) is 31.1 Å². The summed E-state index contributed by atoms with van der Waals surface area (Å²) in [6.45, 7) is 3.76. The average molecular weight is 411 g/mol. The van der Waals surface area contributed by atoms with Gasteiger partial charge in [0.05, 0.1) is 12.5 Å². The zero-order chi connectivity index (χ0) is 20.8. The highest BCUT2D eigenvalue weighted by atomic mass is 16.5. The second-order valence-electron chi connectivity index (χ2n) is 8.11. The van der Waals surface area contributed by atoms with Crippen LogP contribution in [0.2, 0.25) is 0 Å². The van der Waals surface area contributed by atoms with Crippen molar-refractivity contribution in [2.75, 3.05) is 44.9 Å². The molecule has 0 unspecified atom stereocenters. The van der Waals surface area contributed by atoms with Crippen LogP contribution in [-0.4, -0.2) is 55.8 Å². The number of carbonyl (C=O) groups excluding carboxylic acids is 1. The first kappa shape index (κ1) is 20.6. The average Bonchev–Trinajstić information content (AvgIpc) is 2.84. The van der Waals surface area contributed by atoms with Crippen molar-refractivity contribution >= 4 is 11.9 Å². The number of ether oxygens (including phenoxy) is 2. The summed E-state index contributed by atoms with van der Waals surface area (Å²) < 4.78 is 10.8. The fraction of sp³-hybridized carbons (Fsp3) is 0.522. The molecule has 0 bridgehead atoms. The van der Waals surface area contributed by atoms with Crippen molar-refractivity contribution in [3.05, 3.63) is 48.3 Å². The van der Waals surface area contributed by atoms with Gasteiger partial charge in [-0.3, -0.25) is 4.79 Å². The van der Waals surface area contributed by atoms with Crippen LogP contribution in [0.4, 0.5) is 5.95 Å². The van der Waals surface area contributed by atoms with Gasteiger partial charge in [-0.1, -0.05) is 12.1 Å². The lowest BCUT2D eigenvalue weighted by Crippen LogP contribution is -2.49. The topological polar surface area (TPSA) is 76.6 Å². The first-order valence-corrected chi connectivity index (χ1v) is 10.7. The van der Waals surface area contributed by atoms with Gasteiger partial charge in [-0.25, -0.2) is 9.97 Å². The van der Waals surface area contributed by atoms with Gasteiger partial charge in [0.15, 0.2) is 0 Å². The Morgan fingerprint density at radius 3 is 2.47 bits per heavy atom. The third kappa shape index (κ3) is 4.41. The molecular weight excluding hydrogens is 380 g/mol. The zero-order valence-corrected chi connectivity index (χ0v) is 17.5. The van der Waals surface area contributed by atoms with Gasteiger partial charge in [0.1, 0.15) is 5.75 Å². The van der Waals surface area contributed by atoms with E-state index in [4.69, 9.17) is 9.47 Å². The van der Waals surface area contributed by atoms with Gasteiger partial charge in [0, 0.05) is 45.2 Å². The predicted octanol–water partition coefficient (Wildman–Crippen LogP) is 2.57. The van der Waals surface area contributed by atoms with Crippen LogP contribution in [0.15, 0.2) is 42.7 Å². The van der Waals surface area contributed by atoms with Crippen LogP contribution in [0, 0.1) is 5.92 Å². The van der Waals surface area contributed by atoms with Crippen molar-refractivity contribution in [1.82, 2.24) is 15.3 Å². The second-order valence-corrected chi connectivity index (χ2v) is 8.11. The van der Waals surface area contributed by atoms with Gasteiger partial charge in [-0.05, 0) is 55.4 Å². The van der Waals surface area contributed by atoms with Crippen molar-refractivity contribution in [1.29, 1.82) is 0 Å². The number of benzene rings is 1.